The molecule has 1 heterocycles. The molecule has 2 nitrogen and oxygen atoms in total. The quantitative estimate of drug-likeness (QED) is 0.554. The van der Waals surface area contributed by atoms with E-state index in [1.165, 1.54) is 0 Å². The van der Waals surface area contributed by atoms with Gasteiger partial charge in [0.15, 0.2) is 0 Å². The third-order valence-electron chi connectivity index (χ3n) is 1.16. The second-order valence-corrected chi connectivity index (χ2v) is 3.62. The van der Waals surface area contributed by atoms with E-state index >= 15 is 0 Å². The molecule has 0 bridgehead atoms. The Morgan fingerprint density at radius 2 is 2.42 bits per heavy atom. The number of halogens is 1. The predicted octanol–water partition coefficient (Wildman–Crippen LogP) is 2.74. The first-order valence-electron chi connectivity index (χ1n) is 3.44. The topological polar surface area (TPSA) is 36.7 Å². The highest BCUT2D eigenvalue weighted by atomic mass is 35.5. The first kappa shape index (κ1) is 9.37. The van der Waals surface area contributed by atoms with Crippen LogP contribution in [0.3, 0.4) is 0 Å². The average Bonchev–Trinajstić information content (AvgIpc) is 2.09. The highest BCUT2D eigenvalue weighted by Crippen LogP contribution is 2.17. The lowest BCUT2D eigenvalue weighted by Crippen LogP contribution is -1.80. The maximum Gasteiger partial charge on any atom is 0.0961 e. The Labute approximate surface area is 80.6 Å². The van der Waals surface area contributed by atoms with Gasteiger partial charge in [-0.2, -0.15) is 5.26 Å². The number of thioether (sulfide) groups is 1. The van der Waals surface area contributed by atoms with Crippen LogP contribution in [-0.4, -0.2) is 10.7 Å². The summed E-state index contributed by atoms with van der Waals surface area (Å²) in [6.45, 7) is 0. The molecule has 0 N–H and O–H groups in total. The molecule has 0 spiro atoms. The van der Waals surface area contributed by atoms with E-state index < -0.39 is 0 Å². The minimum absolute atomic E-state index is 0.551. The summed E-state index contributed by atoms with van der Waals surface area (Å²) in [6.07, 6.45) is 2.16. The first-order valence-corrected chi connectivity index (χ1v) is 4.80. The van der Waals surface area contributed by atoms with Gasteiger partial charge < -0.3 is 0 Å². The summed E-state index contributed by atoms with van der Waals surface area (Å²) < 4.78 is 0. The molecule has 1 aromatic heterocycles. The zero-order valence-electron chi connectivity index (χ0n) is 6.33. The van der Waals surface area contributed by atoms with Crippen molar-refractivity contribution in [3.05, 3.63) is 23.4 Å². The molecule has 0 amide bonds. The Kier molecular flexibility index (Phi) is 3.92. The molecular weight excluding hydrogens is 192 g/mol. The van der Waals surface area contributed by atoms with E-state index in [9.17, 15) is 0 Å². The van der Waals surface area contributed by atoms with Crippen LogP contribution in [0.5, 0.6) is 0 Å². The van der Waals surface area contributed by atoms with Crippen molar-refractivity contribution in [3.8, 4) is 6.07 Å². The summed E-state index contributed by atoms with van der Waals surface area (Å²) in [5.74, 6) is 0.783. The molecule has 0 radical (unpaired) electrons. The lowest BCUT2D eigenvalue weighted by molar-refractivity contribution is 1.12. The van der Waals surface area contributed by atoms with Gasteiger partial charge in [0.25, 0.3) is 0 Å². The van der Waals surface area contributed by atoms with Gasteiger partial charge in [-0.3, -0.25) is 0 Å². The lowest BCUT2D eigenvalue weighted by Gasteiger charge is -1.96. The summed E-state index contributed by atoms with van der Waals surface area (Å²) in [5, 5.41) is 9.83. The highest BCUT2D eigenvalue weighted by molar-refractivity contribution is 7.99. The van der Waals surface area contributed by atoms with Gasteiger partial charge >= 0.3 is 0 Å². The van der Waals surface area contributed by atoms with Crippen LogP contribution < -0.4 is 0 Å². The van der Waals surface area contributed by atoms with Gasteiger partial charge in [-0.25, -0.2) is 4.98 Å². The van der Waals surface area contributed by atoms with E-state index in [0.29, 0.717) is 11.4 Å². The Morgan fingerprint density at radius 3 is 3.00 bits per heavy atom. The number of hydrogen-bond acceptors (Lipinski definition) is 3. The van der Waals surface area contributed by atoms with Gasteiger partial charge in [0.1, 0.15) is 0 Å². The summed E-state index contributed by atoms with van der Waals surface area (Å²) in [6, 6.07) is 5.72. The fourth-order valence-electron chi connectivity index (χ4n) is 0.649. The van der Waals surface area contributed by atoms with Crippen LogP contribution in [0.2, 0.25) is 5.02 Å². The number of rotatable bonds is 3. The average molecular weight is 199 g/mol. The molecule has 0 saturated heterocycles. The lowest BCUT2D eigenvalue weighted by atomic mass is 10.5. The number of nitriles is 1. The van der Waals surface area contributed by atoms with Gasteiger partial charge in [0, 0.05) is 18.4 Å². The normalized spacial score (nSPS) is 9.33. The van der Waals surface area contributed by atoms with E-state index in [2.05, 4.69) is 11.1 Å². The second kappa shape index (κ2) is 5.02. The van der Waals surface area contributed by atoms with Crippen LogP contribution in [0.1, 0.15) is 6.42 Å². The summed E-state index contributed by atoms with van der Waals surface area (Å²) >= 11 is 7.21. The molecule has 0 aliphatic rings. The Hall–Kier alpha value is -0.720. The van der Waals surface area contributed by atoms with Crippen molar-refractivity contribution in [2.45, 2.75) is 11.4 Å². The Balaban J connectivity index is 2.43. The SMILES string of the molecule is N#CCCSc1ccc(Cl)cn1. The van der Waals surface area contributed by atoms with E-state index in [4.69, 9.17) is 16.9 Å². The van der Waals surface area contributed by atoms with Gasteiger partial charge in [-0.1, -0.05) is 11.6 Å². The fraction of sp³-hybridized carbons (Fsp3) is 0.250. The van der Waals surface area contributed by atoms with Crippen molar-refractivity contribution in [1.82, 2.24) is 4.98 Å². The fourth-order valence-corrected chi connectivity index (χ4v) is 1.45. The van der Waals surface area contributed by atoms with Gasteiger partial charge in [0.05, 0.1) is 16.1 Å². The number of hydrogen-bond donors (Lipinski definition) is 0. The minimum atomic E-state index is 0.551. The van der Waals surface area contributed by atoms with E-state index in [1.807, 2.05) is 6.07 Å². The molecule has 0 saturated carbocycles. The number of nitrogens with zero attached hydrogens (tertiary/aromatic N) is 2. The van der Waals surface area contributed by atoms with Crippen molar-refractivity contribution in [3.63, 3.8) is 0 Å². The monoisotopic (exact) mass is 198 g/mol. The molecular formula is C8H7ClN2S. The van der Waals surface area contributed by atoms with Crippen LogP contribution in [-0.2, 0) is 0 Å². The number of pyridine rings is 1. The van der Waals surface area contributed by atoms with Crippen LogP contribution in [0, 0.1) is 11.3 Å². The number of aromatic nitrogens is 1. The highest BCUT2D eigenvalue weighted by Gasteiger charge is 1.94. The van der Waals surface area contributed by atoms with E-state index in [1.54, 1.807) is 24.0 Å². The van der Waals surface area contributed by atoms with Gasteiger partial charge in [-0.15, -0.1) is 11.8 Å². The second-order valence-electron chi connectivity index (χ2n) is 2.07. The van der Waals surface area contributed by atoms with Crippen molar-refractivity contribution in [2.24, 2.45) is 0 Å². The molecule has 0 aromatic carbocycles. The molecule has 1 rings (SSSR count). The van der Waals surface area contributed by atoms with E-state index in [0.717, 1.165) is 10.8 Å². The molecule has 62 valence electrons. The third-order valence-corrected chi connectivity index (χ3v) is 2.33. The summed E-state index contributed by atoms with van der Waals surface area (Å²) in [4.78, 5) is 4.07. The van der Waals surface area contributed by atoms with Crippen molar-refractivity contribution in [2.75, 3.05) is 5.75 Å². The van der Waals surface area contributed by atoms with Crippen LogP contribution in [0.25, 0.3) is 0 Å². The predicted molar refractivity (Wildman–Crippen MR) is 50.2 cm³/mol. The van der Waals surface area contributed by atoms with E-state index in [-0.39, 0.29) is 0 Å². The first-order chi connectivity index (χ1) is 5.83. The zero-order valence-corrected chi connectivity index (χ0v) is 7.90. The molecule has 12 heavy (non-hydrogen) atoms. The molecule has 1 aromatic rings. The zero-order chi connectivity index (χ0) is 8.81. The smallest absolute Gasteiger partial charge is 0.0961 e. The van der Waals surface area contributed by atoms with Crippen molar-refractivity contribution >= 4 is 23.4 Å². The van der Waals surface area contributed by atoms with Crippen LogP contribution >= 0.6 is 23.4 Å². The largest absolute Gasteiger partial charge is 0.248 e. The van der Waals surface area contributed by atoms with Gasteiger partial charge in [0.2, 0.25) is 0 Å². The van der Waals surface area contributed by atoms with Crippen molar-refractivity contribution < 1.29 is 0 Å². The van der Waals surface area contributed by atoms with Crippen LogP contribution in [0.15, 0.2) is 23.4 Å². The molecule has 0 unspecified atom stereocenters. The maximum absolute atomic E-state index is 8.28. The maximum atomic E-state index is 8.28. The van der Waals surface area contributed by atoms with Crippen LogP contribution in [0.4, 0.5) is 0 Å². The molecule has 0 atom stereocenters. The standard InChI is InChI=1S/C8H7ClN2S/c9-7-2-3-8(11-6-7)12-5-1-4-10/h2-3,6H,1,5H2. The minimum Gasteiger partial charge on any atom is -0.248 e. The van der Waals surface area contributed by atoms with Gasteiger partial charge in [-0.05, 0) is 12.1 Å². The molecule has 0 aliphatic heterocycles. The molecule has 0 fully saturated rings. The molecule has 0 aliphatic carbocycles. The Bertz CT molecular complexity index is 278. The summed E-state index contributed by atoms with van der Waals surface area (Å²) in [5.41, 5.74) is 0. The Morgan fingerprint density at radius 1 is 1.58 bits per heavy atom. The summed E-state index contributed by atoms with van der Waals surface area (Å²) in [7, 11) is 0. The molecule has 4 heteroatoms. The third kappa shape index (κ3) is 3.12. The van der Waals surface area contributed by atoms with Crippen molar-refractivity contribution in [1.29, 1.82) is 5.26 Å².